The van der Waals surface area contributed by atoms with Crippen molar-refractivity contribution in [3.05, 3.63) is 83.0 Å². The first-order valence-electron chi connectivity index (χ1n) is 8.29. The Hall–Kier alpha value is -3.16. The van der Waals surface area contributed by atoms with E-state index in [0.717, 1.165) is 5.56 Å². The smallest absolute Gasteiger partial charge is 0.335 e. The second-order valence-electron chi connectivity index (χ2n) is 5.94. The lowest BCUT2D eigenvalue weighted by atomic mass is 10.2. The summed E-state index contributed by atoms with van der Waals surface area (Å²) in [6.07, 6.45) is 1.66. The third kappa shape index (κ3) is 3.49. The molecule has 1 aliphatic heterocycles. The number of amides is 1. The van der Waals surface area contributed by atoms with Gasteiger partial charge in [-0.1, -0.05) is 54.3 Å². The normalized spacial score (nSPS) is 15.4. The molecule has 0 spiro atoms. The largest absolute Gasteiger partial charge is 0.478 e. The zero-order chi connectivity index (χ0) is 19.7. The van der Waals surface area contributed by atoms with Gasteiger partial charge in [0.2, 0.25) is 0 Å². The van der Waals surface area contributed by atoms with Crippen LogP contribution in [-0.2, 0) is 4.79 Å². The van der Waals surface area contributed by atoms with Crippen molar-refractivity contribution in [1.29, 1.82) is 0 Å². The minimum Gasteiger partial charge on any atom is -0.478 e. The number of carboxylic acids is 1. The van der Waals surface area contributed by atoms with E-state index < -0.39 is 5.97 Å². The first-order chi connectivity index (χ1) is 13.5. The number of nitrogens with zero attached hydrogens (tertiary/aromatic N) is 1. The summed E-state index contributed by atoms with van der Waals surface area (Å²) in [6.45, 7) is 0. The van der Waals surface area contributed by atoms with Crippen molar-refractivity contribution < 1.29 is 19.1 Å². The Bertz CT molecular complexity index is 1100. The molecule has 5 nitrogen and oxygen atoms in total. The lowest BCUT2D eigenvalue weighted by Crippen LogP contribution is -2.27. The molecule has 1 fully saturated rings. The maximum Gasteiger partial charge on any atom is 0.335 e. The molecular formula is C21H13NO4S2. The Kier molecular flexibility index (Phi) is 4.85. The molecule has 0 bridgehead atoms. The summed E-state index contributed by atoms with van der Waals surface area (Å²) in [5.74, 6) is -0.0215. The van der Waals surface area contributed by atoms with E-state index in [4.69, 9.17) is 21.7 Å². The number of thioether (sulfide) groups is 1. The van der Waals surface area contributed by atoms with E-state index in [1.165, 1.54) is 28.8 Å². The van der Waals surface area contributed by atoms with Gasteiger partial charge in [-0.2, -0.15) is 0 Å². The predicted octanol–water partition coefficient (Wildman–Crippen LogP) is 5.05. The molecule has 0 saturated carbocycles. The van der Waals surface area contributed by atoms with Crippen LogP contribution in [0.1, 0.15) is 16.1 Å². The van der Waals surface area contributed by atoms with Crippen LogP contribution in [0.3, 0.4) is 0 Å². The second-order valence-corrected chi connectivity index (χ2v) is 7.61. The van der Waals surface area contributed by atoms with Crippen molar-refractivity contribution in [1.82, 2.24) is 0 Å². The number of anilines is 1. The van der Waals surface area contributed by atoms with E-state index in [0.29, 0.717) is 26.4 Å². The van der Waals surface area contributed by atoms with E-state index in [1.54, 1.807) is 24.3 Å². The monoisotopic (exact) mass is 407 g/mol. The highest BCUT2D eigenvalue weighted by Crippen LogP contribution is 2.36. The highest BCUT2D eigenvalue weighted by molar-refractivity contribution is 8.27. The van der Waals surface area contributed by atoms with Gasteiger partial charge in [0, 0.05) is 11.6 Å². The zero-order valence-corrected chi connectivity index (χ0v) is 16.0. The van der Waals surface area contributed by atoms with E-state index in [9.17, 15) is 9.59 Å². The number of carbonyl (C=O) groups excluding carboxylic acids is 1. The number of rotatable bonds is 4. The number of benzene rings is 2. The molecule has 28 heavy (non-hydrogen) atoms. The summed E-state index contributed by atoms with van der Waals surface area (Å²) in [4.78, 5) is 25.6. The van der Waals surface area contributed by atoms with Gasteiger partial charge >= 0.3 is 5.97 Å². The average molecular weight is 407 g/mol. The van der Waals surface area contributed by atoms with Crippen molar-refractivity contribution >= 4 is 51.9 Å². The fourth-order valence-corrected chi connectivity index (χ4v) is 4.04. The van der Waals surface area contributed by atoms with Gasteiger partial charge in [-0.3, -0.25) is 9.69 Å². The first-order valence-corrected chi connectivity index (χ1v) is 9.52. The number of thiocarbonyl (C=S) groups is 1. The van der Waals surface area contributed by atoms with Crippen LogP contribution in [0, 0.1) is 0 Å². The van der Waals surface area contributed by atoms with Crippen molar-refractivity contribution in [2.45, 2.75) is 0 Å². The minimum absolute atomic E-state index is 0.147. The molecule has 2 heterocycles. The molecule has 2 aromatic carbocycles. The topological polar surface area (TPSA) is 70.8 Å². The van der Waals surface area contributed by atoms with Crippen molar-refractivity contribution in [3.8, 4) is 11.3 Å². The Morgan fingerprint density at radius 1 is 1.04 bits per heavy atom. The molecular weight excluding hydrogens is 394 g/mol. The molecule has 138 valence electrons. The lowest BCUT2D eigenvalue weighted by molar-refractivity contribution is -0.113. The van der Waals surface area contributed by atoms with Crippen LogP contribution in [0.5, 0.6) is 0 Å². The molecule has 1 aliphatic rings. The summed E-state index contributed by atoms with van der Waals surface area (Å²) >= 11 is 6.52. The molecule has 1 aromatic heterocycles. The Balaban J connectivity index is 1.59. The molecule has 0 radical (unpaired) electrons. The number of hydrogen-bond acceptors (Lipinski definition) is 5. The molecule has 1 amide bonds. The summed E-state index contributed by atoms with van der Waals surface area (Å²) < 4.78 is 6.21. The Labute approximate surface area is 170 Å². The van der Waals surface area contributed by atoms with Gasteiger partial charge in [0.05, 0.1) is 16.2 Å². The van der Waals surface area contributed by atoms with Crippen LogP contribution < -0.4 is 4.90 Å². The summed E-state index contributed by atoms with van der Waals surface area (Å²) in [6, 6.07) is 19.4. The van der Waals surface area contributed by atoms with E-state index in [1.807, 2.05) is 36.4 Å². The quantitative estimate of drug-likeness (QED) is 0.482. The number of hydrogen-bond donors (Lipinski definition) is 1. The molecule has 1 N–H and O–H groups in total. The number of carboxylic acid groups (broad SMARTS) is 1. The van der Waals surface area contributed by atoms with Crippen molar-refractivity contribution in [2.75, 3.05) is 4.90 Å². The number of furan rings is 1. The molecule has 3 aromatic rings. The van der Waals surface area contributed by atoms with Gasteiger partial charge in [0.1, 0.15) is 11.5 Å². The predicted molar refractivity (Wildman–Crippen MR) is 113 cm³/mol. The van der Waals surface area contributed by atoms with E-state index in [-0.39, 0.29) is 11.5 Å². The molecule has 0 atom stereocenters. The van der Waals surface area contributed by atoms with Crippen LogP contribution in [0.25, 0.3) is 17.4 Å². The third-order valence-electron chi connectivity index (χ3n) is 4.12. The molecule has 0 unspecified atom stereocenters. The van der Waals surface area contributed by atoms with Gasteiger partial charge in [-0.15, -0.1) is 0 Å². The van der Waals surface area contributed by atoms with Crippen LogP contribution in [0.2, 0.25) is 0 Å². The van der Waals surface area contributed by atoms with Crippen LogP contribution in [0.15, 0.2) is 76.1 Å². The van der Waals surface area contributed by atoms with Gasteiger partial charge in [-0.05, 0) is 36.4 Å². The Morgan fingerprint density at radius 3 is 2.43 bits per heavy atom. The van der Waals surface area contributed by atoms with Gasteiger partial charge in [0.25, 0.3) is 5.91 Å². The van der Waals surface area contributed by atoms with Gasteiger partial charge in [-0.25, -0.2) is 4.79 Å². The Morgan fingerprint density at radius 2 is 1.75 bits per heavy atom. The standard InChI is InChI=1S/C21H13NO4S2/c23-19-18(12-16-10-11-17(26-16)13-4-2-1-3-5-13)28-21(27)22(19)15-8-6-14(7-9-15)20(24)25/h1-12H,(H,24,25)/b18-12-. The van der Waals surface area contributed by atoms with E-state index >= 15 is 0 Å². The van der Waals surface area contributed by atoms with Crippen molar-refractivity contribution in [3.63, 3.8) is 0 Å². The van der Waals surface area contributed by atoms with Gasteiger partial charge in [0.15, 0.2) is 4.32 Å². The van der Waals surface area contributed by atoms with Gasteiger partial charge < -0.3 is 9.52 Å². The van der Waals surface area contributed by atoms with Crippen LogP contribution >= 0.6 is 24.0 Å². The van der Waals surface area contributed by atoms with Crippen LogP contribution in [0.4, 0.5) is 5.69 Å². The molecule has 7 heteroatoms. The second kappa shape index (κ2) is 7.46. The van der Waals surface area contributed by atoms with Crippen LogP contribution in [-0.4, -0.2) is 21.3 Å². The minimum atomic E-state index is -1.02. The maximum atomic E-state index is 12.8. The molecule has 1 saturated heterocycles. The molecule has 0 aliphatic carbocycles. The average Bonchev–Trinajstić information content (AvgIpc) is 3.27. The highest BCUT2D eigenvalue weighted by atomic mass is 32.2. The fraction of sp³-hybridized carbons (Fsp3) is 0. The van der Waals surface area contributed by atoms with E-state index in [2.05, 4.69) is 0 Å². The summed E-state index contributed by atoms with van der Waals surface area (Å²) in [7, 11) is 0. The maximum absolute atomic E-state index is 12.8. The number of carbonyl (C=O) groups is 2. The SMILES string of the molecule is O=C(O)c1ccc(N2C(=O)/C(=C/c3ccc(-c4ccccc4)o3)SC2=S)cc1. The lowest BCUT2D eigenvalue weighted by Gasteiger charge is -2.14. The molecule has 4 rings (SSSR count). The zero-order valence-electron chi connectivity index (χ0n) is 14.4. The summed E-state index contributed by atoms with van der Waals surface area (Å²) in [5, 5.41) is 9.01. The summed E-state index contributed by atoms with van der Waals surface area (Å²) in [5.41, 5.74) is 1.63. The van der Waals surface area contributed by atoms with Crippen molar-refractivity contribution in [2.24, 2.45) is 0 Å². The fourth-order valence-electron chi connectivity index (χ4n) is 2.76. The number of aromatic carboxylic acids is 1. The highest BCUT2D eigenvalue weighted by Gasteiger charge is 2.33. The first kappa shape index (κ1) is 18.2. The third-order valence-corrected chi connectivity index (χ3v) is 5.43.